The third kappa shape index (κ3) is 4.88. The number of aryl methyl sites for hydroxylation is 1. The molecule has 1 aliphatic rings. The van der Waals surface area contributed by atoms with Crippen LogP contribution in [0.4, 0.5) is 0 Å². The monoisotopic (exact) mass is 462 g/mol. The van der Waals surface area contributed by atoms with Gasteiger partial charge in [0.25, 0.3) is 5.56 Å². The zero-order valence-electron chi connectivity index (χ0n) is 18.7. The Hall–Kier alpha value is -3.48. The van der Waals surface area contributed by atoms with E-state index in [1.165, 1.54) is 6.20 Å². The van der Waals surface area contributed by atoms with Gasteiger partial charge in [-0.25, -0.2) is 4.79 Å². The topological polar surface area (TPSA) is 103 Å². The van der Waals surface area contributed by atoms with E-state index in [0.29, 0.717) is 0 Å². The summed E-state index contributed by atoms with van der Waals surface area (Å²) in [4.78, 5) is 26.5. The maximum absolute atomic E-state index is 12.5. The summed E-state index contributed by atoms with van der Waals surface area (Å²) in [5, 5.41) is 11.2. The molecule has 0 radical (unpaired) electrons. The molecule has 176 valence electrons. The van der Waals surface area contributed by atoms with Crippen LogP contribution in [0.2, 0.25) is 0 Å². The Morgan fingerprint density at radius 1 is 1.09 bits per heavy atom. The molecular weight excluding hydrogens is 436 g/mol. The van der Waals surface area contributed by atoms with Gasteiger partial charge in [-0.2, -0.15) is 0 Å². The Kier molecular flexibility index (Phi) is 7.10. The molecule has 0 bridgehead atoms. The van der Waals surface area contributed by atoms with Crippen LogP contribution in [0.25, 0.3) is 0 Å². The van der Waals surface area contributed by atoms with Crippen molar-refractivity contribution in [2.45, 2.75) is 44.2 Å². The first-order chi connectivity index (χ1) is 16.4. The summed E-state index contributed by atoms with van der Waals surface area (Å²) in [5.74, 6) is 2.61. The van der Waals surface area contributed by atoms with Gasteiger partial charge in [0, 0.05) is 11.8 Å². The minimum absolute atomic E-state index is 0.0809. The standard InChI is InChI=1S/C26H26N2O6/c1-3-26(17-32-15-19-10-6-4-7-11-19)22(33-16-20-12-8-5-9-13-20)21(29)24(34-26)28-14-18(2)23(30)27-25(28)31/h1,4-14,21-22,24,29H,15-17H2,2H3,(H,27,30,31)/t21-,22-,24+,26+/m0/s1. The molecule has 1 fully saturated rings. The lowest BCUT2D eigenvalue weighted by Crippen LogP contribution is -2.47. The molecule has 4 atom stereocenters. The number of aromatic nitrogens is 2. The van der Waals surface area contributed by atoms with Gasteiger partial charge in [0.15, 0.2) is 11.8 Å². The highest BCUT2D eigenvalue weighted by Gasteiger charge is 2.56. The fraction of sp³-hybridized carbons (Fsp3) is 0.308. The third-order valence-corrected chi connectivity index (χ3v) is 5.76. The number of ether oxygens (including phenoxy) is 3. The van der Waals surface area contributed by atoms with E-state index in [-0.39, 0.29) is 25.4 Å². The smallest absolute Gasteiger partial charge is 0.330 e. The van der Waals surface area contributed by atoms with Crippen LogP contribution in [-0.2, 0) is 27.4 Å². The molecule has 0 aliphatic carbocycles. The number of hydrogen-bond acceptors (Lipinski definition) is 6. The number of aromatic amines is 1. The highest BCUT2D eigenvalue weighted by Crippen LogP contribution is 2.39. The molecule has 34 heavy (non-hydrogen) atoms. The van der Waals surface area contributed by atoms with Crippen molar-refractivity contribution in [1.29, 1.82) is 0 Å². The molecule has 0 spiro atoms. The van der Waals surface area contributed by atoms with E-state index in [0.717, 1.165) is 15.7 Å². The summed E-state index contributed by atoms with van der Waals surface area (Å²) in [5.41, 5.74) is -0.600. The molecule has 2 aromatic carbocycles. The molecule has 8 heteroatoms. The van der Waals surface area contributed by atoms with Crippen LogP contribution >= 0.6 is 0 Å². The maximum Gasteiger partial charge on any atom is 0.330 e. The van der Waals surface area contributed by atoms with Crippen molar-refractivity contribution in [2.24, 2.45) is 0 Å². The van der Waals surface area contributed by atoms with Gasteiger partial charge < -0.3 is 19.3 Å². The molecule has 1 saturated heterocycles. The molecule has 2 heterocycles. The second-order valence-electron chi connectivity index (χ2n) is 8.21. The molecule has 0 amide bonds. The minimum atomic E-state index is -1.48. The lowest BCUT2D eigenvalue weighted by atomic mass is 9.96. The highest BCUT2D eigenvalue weighted by atomic mass is 16.6. The van der Waals surface area contributed by atoms with Crippen LogP contribution in [0.3, 0.4) is 0 Å². The Balaban J connectivity index is 1.62. The zero-order valence-corrected chi connectivity index (χ0v) is 18.7. The Morgan fingerprint density at radius 3 is 2.32 bits per heavy atom. The summed E-state index contributed by atoms with van der Waals surface area (Å²) in [6, 6.07) is 19.0. The second-order valence-corrected chi connectivity index (χ2v) is 8.21. The van der Waals surface area contributed by atoms with Crippen LogP contribution in [0.1, 0.15) is 22.9 Å². The van der Waals surface area contributed by atoms with Crippen molar-refractivity contribution in [3.63, 3.8) is 0 Å². The predicted molar refractivity (Wildman–Crippen MR) is 125 cm³/mol. The fourth-order valence-electron chi connectivity index (χ4n) is 3.94. The molecular formula is C26H26N2O6. The number of H-pyrrole nitrogens is 1. The predicted octanol–water partition coefficient (Wildman–Crippen LogP) is 1.91. The van der Waals surface area contributed by atoms with Gasteiger partial charge >= 0.3 is 5.69 Å². The van der Waals surface area contributed by atoms with Crippen LogP contribution in [0.5, 0.6) is 0 Å². The van der Waals surface area contributed by atoms with Gasteiger partial charge in [0.05, 0.1) is 19.8 Å². The number of nitrogens with one attached hydrogen (secondary N) is 1. The van der Waals surface area contributed by atoms with E-state index < -0.39 is 35.3 Å². The third-order valence-electron chi connectivity index (χ3n) is 5.76. The number of aliphatic hydroxyl groups is 1. The summed E-state index contributed by atoms with van der Waals surface area (Å²) in [6.45, 7) is 1.91. The largest absolute Gasteiger partial charge is 0.386 e. The first-order valence-corrected chi connectivity index (χ1v) is 10.9. The van der Waals surface area contributed by atoms with E-state index in [1.807, 2.05) is 60.7 Å². The molecule has 1 aliphatic heterocycles. The van der Waals surface area contributed by atoms with Gasteiger partial charge in [-0.3, -0.25) is 14.3 Å². The number of benzene rings is 2. The first kappa shape index (κ1) is 23.7. The van der Waals surface area contributed by atoms with E-state index >= 15 is 0 Å². The SMILES string of the molecule is C#C[C@]1(COCc2ccccc2)O[C@@H](n2cc(C)c(=O)[nH]c2=O)[C@@H](O)[C@@H]1OCc1ccccc1. The molecule has 0 unspecified atom stereocenters. The minimum Gasteiger partial charge on any atom is -0.386 e. The molecule has 1 aromatic heterocycles. The van der Waals surface area contributed by atoms with Crippen molar-refractivity contribution < 1.29 is 19.3 Å². The lowest BCUT2D eigenvalue weighted by Gasteiger charge is -2.29. The summed E-state index contributed by atoms with van der Waals surface area (Å²) in [6.07, 6.45) is 3.76. The van der Waals surface area contributed by atoms with Crippen molar-refractivity contribution in [3.05, 3.63) is 104 Å². The highest BCUT2D eigenvalue weighted by molar-refractivity contribution is 5.21. The van der Waals surface area contributed by atoms with Crippen LogP contribution < -0.4 is 11.2 Å². The lowest BCUT2D eigenvalue weighted by molar-refractivity contribution is -0.124. The zero-order chi connectivity index (χ0) is 24.1. The summed E-state index contributed by atoms with van der Waals surface area (Å²) >= 11 is 0. The van der Waals surface area contributed by atoms with Crippen molar-refractivity contribution in [1.82, 2.24) is 9.55 Å². The first-order valence-electron chi connectivity index (χ1n) is 10.9. The molecule has 3 aromatic rings. The summed E-state index contributed by atoms with van der Waals surface area (Å²) < 4.78 is 19.2. The van der Waals surface area contributed by atoms with Gasteiger partial charge in [-0.15, -0.1) is 6.42 Å². The molecule has 0 saturated carbocycles. The maximum atomic E-state index is 12.5. The quantitative estimate of drug-likeness (QED) is 0.496. The Bertz CT molecular complexity index is 1260. The van der Waals surface area contributed by atoms with Crippen LogP contribution in [-0.4, -0.2) is 39.1 Å². The number of terminal acetylenes is 1. The van der Waals surface area contributed by atoms with E-state index in [4.69, 9.17) is 20.6 Å². The number of nitrogens with zero attached hydrogens (tertiary/aromatic N) is 1. The van der Waals surface area contributed by atoms with Crippen molar-refractivity contribution in [2.75, 3.05) is 6.61 Å². The normalized spacial score (nSPS) is 24.1. The molecule has 8 nitrogen and oxygen atoms in total. The van der Waals surface area contributed by atoms with Gasteiger partial charge in [-0.05, 0) is 18.1 Å². The second kappa shape index (κ2) is 10.2. The number of rotatable bonds is 8. The average Bonchev–Trinajstić information content (AvgIpc) is 3.13. The number of aliphatic hydroxyl groups excluding tert-OH is 1. The van der Waals surface area contributed by atoms with Crippen LogP contribution in [0.15, 0.2) is 76.4 Å². The number of hydrogen-bond donors (Lipinski definition) is 2. The molecule has 2 N–H and O–H groups in total. The Morgan fingerprint density at radius 2 is 1.71 bits per heavy atom. The van der Waals surface area contributed by atoms with Gasteiger partial charge in [0.2, 0.25) is 0 Å². The molecule has 4 rings (SSSR count). The van der Waals surface area contributed by atoms with E-state index in [9.17, 15) is 14.7 Å². The van der Waals surface area contributed by atoms with Crippen LogP contribution in [0, 0.1) is 19.3 Å². The Labute approximate surface area is 196 Å². The van der Waals surface area contributed by atoms with E-state index in [2.05, 4.69) is 10.9 Å². The van der Waals surface area contributed by atoms with Crippen molar-refractivity contribution >= 4 is 0 Å². The van der Waals surface area contributed by atoms with Gasteiger partial charge in [-0.1, -0.05) is 66.6 Å². The van der Waals surface area contributed by atoms with Crippen molar-refractivity contribution in [3.8, 4) is 12.3 Å². The van der Waals surface area contributed by atoms with Gasteiger partial charge in [0.1, 0.15) is 12.2 Å². The summed E-state index contributed by atoms with van der Waals surface area (Å²) in [7, 11) is 0. The average molecular weight is 463 g/mol. The fourth-order valence-corrected chi connectivity index (χ4v) is 3.94. The van der Waals surface area contributed by atoms with E-state index in [1.54, 1.807) is 6.92 Å².